The molecule has 0 radical (unpaired) electrons. The lowest BCUT2D eigenvalue weighted by Gasteiger charge is -2.05. The van der Waals surface area contributed by atoms with E-state index in [-0.39, 0.29) is 5.56 Å². The lowest BCUT2D eigenvalue weighted by molar-refractivity contribution is 0.884. The molecule has 2 aromatic rings. The summed E-state index contributed by atoms with van der Waals surface area (Å²) < 4.78 is 0. The van der Waals surface area contributed by atoms with E-state index in [1.54, 1.807) is 17.4 Å². The van der Waals surface area contributed by atoms with Crippen LogP contribution in [0.15, 0.2) is 41.2 Å². The molecule has 1 heterocycles. The van der Waals surface area contributed by atoms with Gasteiger partial charge in [0.15, 0.2) is 0 Å². The van der Waals surface area contributed by atoms with Crippen molar-refractivity contribution < 1.29 is 0 Å². The standard InChI is InChI=1S/C13H13NOS/c1-9(2)11-8-12(15)14-13(16-11)10-6-4-3-5-7-10/h3-9H,1-2H3. The van der Waals surface area contributed by atoms with Gasteiger partial charge < -0.3 is 0 Å². The fourth-order valence-electron chi connectivity index (χ4n) is 1.41. The summed E-state index contributed by atoms with van der Waals surface area (Å²) in [6.07, 6.45) is 0. The molecule has 0 aliphatic carbocycles. The minimum absolute atomic E-state index is 0.152. The summed E-state index contributed by atoms with van der Waals surface area (Å²) in [5.74, 6) is 0.364. The molecule has 0 spiro atoms. The van der Waals surface area contributed by atoms with E-state index in [0.717, 1.165) is 15.4 Å². The van der Waals surface area contributed by atoms with Crippen LogP contribution in [0.25, 0.3) is 10.6 Å². The van der Waals surface area contributed by atoms with E-state index in [1.807, 2.05) is 30.3 Å². The molecule has 1 aromatic heterocycles. The summed E-state index contributed by atoms with van der Waals surface area (Å²) in [7, 11) is 0. The van der Waals surface area contributed by atoms with Gasteiger partial charge in [0, 0.05) is 16.5 Å². The largest absolute Gasteiger partial charge is 0.272 e. The molecule has 0 N–H and O–H groups in total. The molecule has 0 unspecified atom stereocenters. The van der Waals surface area contributed by atoms with Crippen LogP contribution in [0.2, 0.25) is 0 Å². The minimum atomic E-state index is -0.152. The normalized spacial score (nSPS) is 10.7. The molecule has 0 atom stereocenters. The van der Waals surface area contributed by atoms with Crippen molar-refractivity contribution in [1.82, 2.24) is 4.98 Å². The van der Waals surface area contributed by atoms with Crippen molar-refractivity contribution in [2.24, 2.45) is 0 Å². The van der Waals surface area contributed by atoms with Gasteiger partial charge in [0.2, 0.25) is 0 Å². The molecule has 2 rings (SSSR count). The first-order valence-corrected chi connectivity index (χ1v) is 6.06. The topological polar surface area (TPSA) is 30.0 Å². The van der Waals surface area contributed by atoms with Gasteiger partial charge in [0.1, 0.15) is 5.01 Å². The Labute approximate surface area is 98.6 Å². The zero-order valence-electron chi connectivity index (χ0n) is 9.31. The Morgan fingerprint density at radius 2 is 1.88 bits per heavy atom. The average Bonchev–Trinajstić information content (AvgIpc) is 2.29. The zero-order chi connectivity index (χ0) is 11.5. The van der Waals surface area contributed by atoms with Gasteiger partial charge in [-0.25, -0.2) is 0 Å². The first kappa shape index (κ1) is 11.0. The third kappa shape index (κ3) is 2.36. The molecule has 0 fully saturated rings. The highest BCUT2D eigenvalue weighted by Crippen LogP contribution is 2.26. The van der Waals surface area contributed by atoms with Crippen LogP contribution in [-0.4, -0.2) is 4.98 Å². The molecule has 0 amide bonds. The molecular formula is C13H13NOS. The van der Waals surface area contributed by atoms with Gasteiger partial charge in [0.05, 0.1) is 0 Å². The minimum Gasteiger partial charge on any atom is -0.267 e. The fraction of sp³-hybridized carbons (Fsp3) is 0.231. The summed E-state index contributed by atoms with van der Waals surface area (Å²) in [6.45, 7) is 4.17. The number of hydrogen-bond acceptors (Lipinski definition) is 3. The van der Waals surface area contributed by atoms with Crippen molar-refractivity contribution in [3.05, 3.63) is 51.6 Å². The number of nitrogens with zero attached hydrogens (tertiary/aromatic N) is 1. The van der Waals surface area contributed by atoms with Crippen LogP contribution >= 0.6 is 11.3 Å². The van der Waals surface area contributed by atoms with Gasteiger partial charge in [-0.2, -0.15) is 4.98 Å². The SMILES string of the molecule is CC(C)c1cc(=O)nc(-c2ccccc2)s1. The smallest absolute Gasteiger partial charge is 0.267 e. The quantitative estimate of drug-likeness (QED) is 0.793. The van der Waals surface area contributed by atoms with Crippen LogP contribution < -0.4 is 5.56 Å². The summed E-state index contributed by atoms with van der Waals surface area (Å²) in [5.41, 5.74) is 0.855. The number of rotatable bonds is 2. The van der Waals surface area contributed by atoms with Crippen LogP contribution in [0.3, 0.4) is 0 Å². The molecule has 3 heteroatoms. The van der Waals surface area contributed by atoms with E-state index in [1.165, 1.54) is 0 Å². The highest BCUT2D eigenvalue weighted by Gasteiger charge is 2.06. The number of benzene rings is 1. The molecular weight excluding hydrogens is 218 g/mol. The van der Waals surface area contributed by atoms with Crippen LogP contribution in [0, 0.1) is 0 Å². The third-order valence-corrected chi connectivity index (χ3v) is 3.63. The van der Waals surface area contributed by atoms with Crippen molar-refractivity contribution >= 4 is 11.3 Å². The Kier molecular flexibility index (Phi) is 3.15. The summed E-state index contributed by atoms with van der Waals surface area (Å²) in [5, 5.41) is 0.803. The van der Waals surface area contributed by atoms with Crippen molar-refractivity contribution in [3.63, 3.8) is 0 Å². The molecule has 0 bridgehead atoms. The maximum absolute atomic E-state index is 11.5. The van der Waals surface area contributed by atoms with E-state index in [9.17, 15) is 4.79 Å². The summed E-state index contributed by atoms with van der Waals surface area (Å²) in [4.78, 5) is 16.6. The zero-order valence-corrected chi connectivity index (χ0v) is 10.1. The number of aromatic nitrogens is 1. The maximum Gasteiger partial charge on any atom is 0.272 e. The summed E-state index contributed by atoms with van der Waals surface area (Å²) >= 11 is 1.59. The van der Waals surface area contributed by atoms with Gasteiger partial charge in [-0.15, -0.1) is 11.3 Å². The molecule has 2 nitrogen and oxygen atoms in total. The van der Waals surface area contributed by atoms with Crippen LogP contribution in [0.5, 0.6) is 0 Å². The van der Waals surface area contributed by atoms with Crippen molar-refractivity contribution in [3.8, 4) is 10.6 Å². The molecule has 0 aliphatic heterocycles. The molecule has 1 aromatic carbocycles. The second-order valence-electron chi connectivity index (χ2n) is 3.92. The van der Waals surface area contributed by atoms with E-state index in [2.05, 4.69) is 18.8 Å². The van der Waals surface area contributed by atoms with Crippen LogP contribution in [-0.2, 0) is 0 Å². The Morgan fingerprint density at radius 1 is 1.19 bits per heavy atom. The van der Waals surface area contributed by atoms with Crippen LogP contribution in [0.1, 0.15) is 24.6 Å². The van der Waals surface area contributed by atoms with Gasteiger partial charge in [-0.3, -0.25) is 4.79 Å². The fourth-order valence-corrected chi connectivity index (χ4v) is 2.41. The lowest BCUT2D eigenvalue weighted by Crippen LogP contribution is -2.06. The van der Waals surface area contributed by atoms with Gasteiger partial charge in [0.25, 0.3) is 5.56 Å². The van der Waals surface area contributed by atoms with Gasteiger partial charge in [-0.1, -0.05) is 44.2 Å². The second-order valence-corrected chi connectivity index (χ2v) is 4.99. The molecule has 0 aliphatic rings. The predicted molar refractivity (Wildman–Crippen MR) is 67.9 cm³/mol. The van der Waals surface area contributed by atoms with Crippen molar-refractivity contribution in [2.75, 3.05) is 0 Å². The third-order valence-electron chi connectivity index (χ3n) is 2.28. The molecule has 16 heavy (non-hydrogen) atoms. The predicted octanol–water partition coefficient (Wildman–Crippen LogP) is 3.29. The van der Waals surface area contributed by atoms with E-state index < -0.39 is 0 Å². The molecule has 82 valence electrons. The first-order chi connectivity index (χ1) is 7.66. The monoisotopic (exact) mass is 231 g/mol. The highest BCUT2D eigenvalue weighted by molar-refractivity contribution is 7.14. The average molecular weight is 231 g/mol. The van der Waals surface area contributed by atoms with Crippen LogP contribution in [0.4, 0.5) is 0 Å². The highest BCUT2D eigenvalue weighted by atomic mass is 32.1. The van der Waals surface area contributed by atoms with E-state index in [0.29, 0.717) is 5.92 Å². The molecule has 0 saturated carbocycles. The number of hydrogen-bond donors (Lipinski definition) is 0. The first-order valence-electron chi connectivity index (χ1n) is 5.24. The second kappa shape index (κ2) is 4.58. The maximum atomic E-state index is 11.5. The Hall–Kier alpha value is -1.48. The van der Waals surface area contributed by atoms with Gasteiger partial charge >= 0.3 is 0 Å². The van der Waals surface area contributed by atoms with E-state index in [4.69, 9.17) is 0 Å². The van der Waals surface area contributed by atoms with E-state index >= 15 is 0 Å². The Bertz CT molecular complexity index is 531. The Balaban J connectivity index is 2.54. The lowest BCUT2D eigenvalue weighted by atomic mass is 10.2. The summed E-state index contributed by atoms with van der Waals surface area (Å²) in [6, 6.07) is 11.4. The van der Waals surface area contributed by atoms with Crippen molar-refractivity contribution in [1.29, 1.82) is 0 Å². The van der Waals surface area contributed by atoms with Crippen molar-refractivity contribution in [2.45, 2.75) is 19.8 Å². The Morgan fingerprint density at radius 3 is 2.50 bits per heavy atom. The van der Waals surface area contributed by atoms with Gasteiger partial charge in [-0.05, 0) is 5.92 Å². The molecule has 0 saturated heterocycles.